The van der Waals surface area contributed by atoms with Crippen molar-refractivity contribution >= 4 is 44.4 Å². The van der Waals surface area contributed by atoms with Crippen LogP contribution in [0, 0.1) is 0 Å². The van der Waals surface area contributed by atoms with Crippen molar-refractivity contribution in [3.05, 3.63) is 0 Å². The molecule has 0 aromatic rings. The lowest BCUT2D eigenvalue weighted by Gasteiger charge is -2.45. The third-order valence-corrected chi connectivity index (χ3v) is 24.3. The molecule has 2 fully saturated rings. The van der Waals surface area contributed by atoms with E-state index in [1.165, 1.54) is 199 Å². The lowest BCUT2D eigenvalue weighted by Crippen LogP contribution is -2.67. The maximum Gasteiger partial charge on any atom is 0.327 e. The molecule has 6 N–H and O–H groups in total. The second-order valence-electron chi connectivity index (χ2n) is 35.0. The van der Waals surface area contributed by atoms with E-state index in [4.69, 9.17) is 37.7 Å². The van der Waals surface area contributed by atoms with Crippen LogP contribution in [0.5, 0.6) is 0 Å². The molecule has 22 heteroatoms. The molecule has 10 unspecified atom stereocenters. The van der Waals surface area contributed by atoms with Crippen LogP contribution in [-0.4, -0.2) is 149 Å². The standard InChI is InChI=1S/C96H179N2O19P/c1-7-13-19-25-31-37-40-46-52-58-64-70-85(102)111-78(67-61-55-49-43-34-28-22-16-10-4)73-83(100)97-89-92(107)91(106)82(114-95(89)108)77-110-96-90(98-84(101)74-79(68-62-56-50-44-35-29-23-17-11-5)112-86(103)71-65-59-53-47-41-38-32-26-20-14-8-2)94(93(117-118-109)81(76-99)115-96)116-88(105)75-80(69-63-57-51-45-36-30-24-18-12-6)113-87(104)72-66-60-54-48-42-39-33-27-21-15-9-3/h78-82,89-96,99,106-108H,7-77H2,1-6H3,(H,97,100)(H,98,101)/t78-,79-,80-,81?,82?,89?,90?,91?,92?,93?,94?,95?,96?/m1/s1. The van der Waals surface area contributed by atoms with Crippen molar-refractivity contribution in [2.24, 2.45) is 0 Å². The van der Waals surface area contributed by atoms with E-state index in [9.17, 15) is 53.8 Å². The van der Waals surface area contributed by atoms with Crippen LogP contribution in [0.1, 0.15) is 485 Å². The van der Waals surface area contributed by atoms with E-state index in [1.807, 2.05) is 0 Å². The lowest BCUT2D eigenvalue weighted by atomic mass is 9.95. The largest absolute Gasteiger partial charge is 0.462 e. The molecule has 692 valence electrons. The van der Waals surface area contributed by atoms with Gasteiger partial charge in [-0.15, -0.1) is 0 Å². The summed E-state index contributed by atoms with van der Waals surface area (Å²) in [4.78, 5) is 84.7. The molecule has 2 rings (SSSR count). The van der Waals surface area contributed by atoms with Crippen molar-refractivity contribution in [3.63, 3.8) is 0 Å². The van der Waals surface area contributed by atoms with Gasteiger partial charge in [-0.05, 0) is 57.8 Å². The fourth-order valence-electron chi connectivity index (χ4n) is 16.6. The number of hydrogen-bond donors (Lipinski definition) is 6. The summed E-state index contributed by atoms with van der Waals surface area (Å²) in [6.07, 6.45) is 50.6. The van der Waals surface area contributed by atoms with E-state index in [-0.39, 0.29) is 38.1 Å². The fraction of sp³-hybridized carbons (Fsp3) is 0.938. The highest BCUT2D eigenvalue weighted by molar-refractivity contribution is 7.17. The first-order valence-corrected chi connectivity index (χ1v) is 50.2. The summed E-state index contributed by atoms with van der Waals surface area (Å²) < 4.78 is 61.8. The SMILES string of the molecule is CCCCCCCCCCCCCC(=O)O[C@H](CCCCCCCCCCC)CC(=O)NC1C(O)OC(COC2OC(CO)C(OP=O)C(OC(=O)C[C@@H](CCCCCCCCCCC)OC(=O)CCCCCCCCCCCCC)C2NC(=O)C[C@@H](CCCCCCCCCCC)OC(=O)CCCCCCCCCCCCC)C(O)C1O. The third-order valence-electron chi connectivity index (χ3n) is 24.0. The second-order valence-corrected chi connectivity index (χ2v) is 35.4. The van der Waals surface area contributed by atoms with Gasteiger partial charge in [-0.2, -0.15) is 0 Å². The molecule has 2 amide bonds. The minimum atomic E-state index is -1.91. The summed E-state index contributed by atoms with van der Waals surface area (Å²) in [5.74, 6) is -3.40. The van der Waals surface area contributed by atoms with Crippen molar-refractivity contribution in [2.45, 2.75) is 564 Å². The zero-order valence-corrected chi connectivity index (χ0v) is 77.0. The Hall–Kier alpha value is -3.40. The van der Waals surface area contributed by atoms with E-state index in [1.54, 1.807) is 0 Å². The van der Waals surface area contributed by atoms with Crippen LogP contribution in [0.4, 0.5) is 0 Å². The monoisotopic (exact) mass is 1700 g/mol. The minimum Gasteiger partial charge on any atom is -0.462 e. The summed E-state index contributed by atoms with van der Waals surface area (Å²) >= 11 is 0. The molecular weight excluding hydrogens is 1520 g/mol. The molecule has 2 heterocycles. The molecule has 0 aliphatic carbocycles. The molecule has 21 nitrogen and oxygen atoms in total. The predicted octanol–water partition coefficient (Wildman–Crippen LogP) is 23.4. The van der Waals surface area contributed by atoms with Crippen molar-refractivity contribution in [2.75, 3.05) is 13.2 Å². The van der Waals surface area contributed by atoms with Gasteiger partial charge in [0.15, 0.2) is 18.7 Å². The predicted molar refractivity (Wildman–Crippen MR) is 473 cm³/mol. The number of carbonyl (C=O) groups excluding carboxylic acids is 6. The molecule has 2 aliphatic heterocycles. The van der Waals surface area contributed by atoms with Gasteiger partial charge >= 0.3 is 32.6 Å². The van der Waals surface area contributed by atoms with Crippen LogP contribution < -0.4 is 10.6 Å². The van der Waals surface area contributed by atoms with E-state index in [2.05, 4.69) is 52.2 Å². The third kappa shape index (κ3) is 58.7. The summed E-state index contributed by atoms with van der Waals surface area (Å²) in [5.41, 5.74) is 0. The van der Waals surface area contributed by atoms with Gasteiger partial charge < -0.3 is 64.2 Å². The smallest absolute Gasteiger partial charge is 0.327 e. The zero-order valence-electron chi connectivity index (χ0n) is 76.1. The van der Waals surface area contributed by atoms with Gasteiger partial charge in [0.25, 0.3) is 0 Å². The lowest BCUT2D eigenvalue weighted by molar-refractivity contribution is -0.296. The van der Waals surface area contributed by atoms with Gasteiger partial charge in [0, 0.05) is 19.3 Å². The number of aliphatic hydroxyl groups excluding tert-OH is 4. The van der Waals surface area contributed by atoms with Crippen molar-refractivity contribution in [3.8, 4) is 0 Å². The maximum atomic E-state index is 15.0. The Labute approximate surface area is 720 Å². The van der Waals surface area contributed by atoms with Crippen molar-refractivity contribution in [1.82, 2.24) is 10.6 Å². The number of aliphatic hydroxyl groups is 4. The average molecular weight is 1700 g/mol. The van der Waals surface area contributed by atoms with Crippen LogP contribution in [0.25, 0.3) is 0 Å². The fourth-order valence-corrected chi connectivity index (χ4v) is 16.9. The summed E-state index contributed by atoms with van der Waals surface area (Å²) in [6, 6.07) is -3.10. The first kappa shape index (κ1) is 111. The molecule has 0 aromatic heterocycles. The van der Waals surface area contributed by atoms with Crippen LogP contribution in [0.2, 0.25) is 0 Å². The van der Waals surface area contributed by atoms with Gasteiger partial charge in [-0.3, -0.25) is 33.3 Å². The van der Waals surface area contributed by atoms with E-state index in [0.717, 1.165) is 154 Å². The van der Waals surface area contributed by atoms with E-state index < -0.39 is 138 Å². The number of amides is 2. The first-order valence-electron chi connectivity index (χ1n) is 49.5. The highest BCUT2D eigenvalue weighted by Crippen LogP contribution is 2.33. The number of rotatable bonds is 84. The zero-order chi connectivity index (χ0) is 86.0. The number of carbonyl (C=O) groups is 6. The van der Waals surface area contributed by atoms with Crippen LogP contribution in [0.15, 0.2) is 0 Å². The van der Waals surface area contributed by atoms with Crippen LogP contribution in [-0.2, 0) is 71.0 Å². The summed E-state index contributed by atoms with van der Waals surface area (Å²) in [5, 5.41) is 51.9. The molecule has 2 aliphatic rings. The Morgan fingerprint density at radius 3 is 0.907 bits per heavy atom. The van der Waals surface area contributed by atoms with Gasteiger partial charge in [0.1, 0.15) is 60.9 Å². The first-order chi connectivity index (χ1) is 57.6. The summed E-state index contributed by atoms with van der Waals surface area (Å²) in [7, 11) is -0.893. The van der Waals surface area contributed by atoms with Gasteiger partial charge in [-0.1, -0.05) is 388 Å². The van der Waals surface area contributed by atoms with Gasteiger partial charge in [0.2, 0.25) is 11.8 Å². The van der Waals surface area contributed by atoms with Gasteiger partial charge in [0.05, 0.1) is 32.5 Å². The van der Waals surface area contributed by atoms with Crippen molar-refractivity contribution in [1.29, 1.82) is 0 Å². The molecule has 118 heavy (non-hydrogen) atoms. The summed E-state index contributed by atoms with van der Waals surface area (Å²) in [6.45, 7) is 11.8. The molecule has 0 spiro atoms. The number of ether oxygens (including phenoxy) is 7. The Morgan fingerprint density at radius 1 is 0.331 bits per heavy atom. The van der Waals surface area contributed by atoms with Gasteiger partial charge in [-0.25, -0.2) is 4.57 Å². The number of hydrogen-bond acceptors (Lipinski definition) is 19. The topological polar surface area (TPSA) is 298 Å². The number of unbranched alkanes of at least 4 members (excludes halogenated alkanes) is 54. The van der Waals surface area contributed by atoms with Crippen molar-refractivity contribution < 1.29 is 91.4 Å². The molecular formula is C96H179N2O19P. The molecule has 0 saturated carbocycles. The second kappa shape index (κ2) is 78.3. The van der Waals surface area contributed by atoms with E-state index >= 15 is 0 Å². The van der Waals surface area contributed by atoms with Crippen LogP contribution >= 0.6 is 8.69 Å². The Morgan fingerprint density at radius 2 is 0.610 bits per heavy atom. The molecule has 0 bridgehead atoms. The molecule has 2 saturated heterocycles. The Kier molecular flexibility index (Phi) is 73.5. The van der Waals surface area contributed by atoms with E-state index in [0.29, 0.717) is 51.4 Å². The quantitative estimate of drug-likeness (QED) is 0.0143. The number of esters is 4. The Balaban J connectivity index is 2.52. The Bertz CT molecular complexity index is 2400. The minimum absolute atomic E-state index is 0.180. The average Bonchev–Trinajstić information content (AvgIpc) is 0.784. The molecule has 0 aromatic carbocycles. The maximum absolute atomic E-state index is 15.0. The number of nitrogens with one attached hydrogen (secondary N) is 2. The highest BCUT2D eigenvalue weighted by atomic mass is 31.1. The normalized spacial score (nSPS) is 20.2. The highest BCUT2D eigenvalue weighted by Gasteiger charge is 2.52. The molecule has 13 atom stereocenters. The van der Waals surface area contributed by atoms with Crippen LogP contribution in [0.3, 0.4) is 0 Å². The molecule has 0 radical (unpaired) electrons.